The zero-order chi connectivity index (χ0) is 20.5. The average Bonchev–Trinajstić information content (AvgIpc) is 2.65. The van der Waals surface area contributed by atoms with Gasteiger partial charge in [-0.15, -0.1) is 0 Å². The summed E-state index contributed by atoms with van der Waals surface area (Å²) in [7, 11) is 1.51. The van der Waals surface area contributed by atoms with Crippen molar-refractivity contribution in [3.05, 3.63) is 64.0 Å². The number of hydrogen-bond acceptors (Lipinski definition) is 3. The molecular weight excluding hydrogens is 346 g/mol. The fourth-order valence-electron chi connectivity index (χ4n) is 4.07. The number of allylic oxidation sites excluding steroid dienone is 1. The van der Waals surface area contributed by atoms with Crippen LogP contribution in [0.15, 0.2) is 30.5 Å². The molecule has 0 aliphatic heterocycles. The monoisotopic (exact) mass is 379 g/mol. The number of nitrogens with zero attached hydrogens (tertiary/aromatic N) is 1. The van der Waals surface area contributed by atoms with Crippen molar-refractivity contribution in [3.63, 3.8) is 0 Å². The maximum absolute atomic E-state index is 4.97. The number of fused-ring (bicyclic) bond motifs is 1. The molecule has 0 saturated heterocycles. The molecule has 3 rings (SSSR count). The highest BCUT2D eigenvalue weighted by molar-refractivity contribution is 5.80. The van der Waals surface area contributed by atoms with Crippen LogP contribution >= 0.6 is 0 Å². The Labute approximate surface area is 169 Å². The van der Waals surface area contributed by atoms with E-state index in [1.807, 2.05) is 18.3 Å². The molecule has 0 N–H and O–H groups in total. The van der Waals surface area contributed by atoms with Crippen molar-refractivity contribution in [1.82, 2.24) is 4.98 Å². The summed E-state index contributed by atoms with van der Waals surface area (Å²) in [5.74, 6) is 0. The second-order valence-electron chi connectivity index (χ2n) is 9.33. The number of aromatic nitrogens is 1. The maximum atomic E-state index is 4.97. The van der Waals surface area contributed by atoms with Crippen LogP contribution in [0.3, 0.4) is 0 Å². The first-order valence-electron chi connectivity index (χ1n) is 10.1. The Morgan fingerprint density at radius 3 is 2.29 bits per heavy atom. The van der Waals surface area contributed by atoms with Gasteiger partial charge in [-0.05, 0) is 83.1 Å². The summed E-state index contributed by atoms with van der Waals surface area (Å²) in [5, 5.41) is 0. The second-order valence-corrected chi connectivity index (χ2v) is 9.33. The third kappa shape index (κ3) is 4.21. The van der Waals surface area contributed by atoms with E-state index in [-0.39, 0.29) is 10.8 Å². The Bertz CT molecular complexity index is 876. The molecule has 0 spiro atoms. The van der Waals surface area contributed by atoms with Crippen LogP contribution in [0.25, 0.3) is 11.6 Å². The molecule has 3 nitrogen and oxygen atoms in total. The van der Waals surface area contributed by atoms with Gasteiger partial charge < -0.3 is 0 Å². The first-order valence-corrected chi connectivity index (χ1v) is 10.1. The first kappa shape index (κ1) is 20.8. The number of hydrogen-bond donors (Lipinski definition) is 0. The van der Waals surface area contributed by atoms with E-state index in [0.29, 0.717) is 6.61 Å². The smallest absolute Gasteiger partial charge is 0.109 e. The van der Waals surface area contributed by atoms with Gasteiger partial charge in [0.1, 0.15) is 6.61 Å². The van der Waals surface area contributed by atoms with Crippen LogP contribution in [-0.4, -0.2) is 12.1 Å². The fourth-order valence-corrected chi connectivity index (χ4v) is 4.07. The lowest BCUT2D eigenvalue weighted by Gasteiger charge is -2.42. The van der Waals surface area contributed by atoms with Gasteiger partial charge in [-0.2, -0.15) is 0 Å². The molecule has 3 heteroatoms. The Balaban J connectivity index is 1.95. The number of rotatable bonds is 5. The first-order chi connectivity index (χ1) is 13.1. The lowest BCUT2D eigenvalue weighted by atomic mass is 9.62. The van der Waals surface area contributed by atoms with Gasteiger partial charge in [-0.25, -0.2) is 9.78 Å². The normalized spacial score (nSPS) is 18.0. The second kappa shape index (κ2) is 7.81. The van der Waals surface area contributed by atoms with Crippen LogP contribution in [0, 0.1) is 6.92 Å². The van der Waals surface area contributed by atoms with Crippen LogP contribution in [0.5, 0.6) is 0 Å². The van der Waals surface area contributed by atoms with Gasteiger partial charge >= 0.3 is 0 Å². The van der Waals surface area contributed by atoms with Crippen molar-refractivity contribution in [3.8, 4) is 0 Å². The Morgan fingerprint density at radius 1 is 1.07 bits per heavy atom. The van der Waals surface area contributed by atoms with Gasteiger partial charge in [0.25, 0.3) is 0 Å². The molecule has 28 heavy (non-hydrogen) atoms. The van der Waals surface area contributed by atoms with E-state index in [1.54, 1.807) is 0 Å². The largest absolute Gasteiger partial charge is 0.256 e. The molecule has 0 atom stereocenters. The van der Waals surface area contributed by atoms with Gasteiger partial charge in [0, 0.05) is 6.20 Å². The molecule has 1 aromatic carbocycles. The van der Waals surface area contributed by atoms with Crippen LogP contribution in [0.2, 0.25) is 0 Å². The predicted molar refractivity (Wildman–Crippen MR) is 116 cm³/mol. The molecule has 0 fully saturated rings. The van der Waals surface area contributed by atoms with Gasteiger partial charge in [0.05, 0.1) is 12.8 Å². The van der Waals surface area contributed by atoms with E-state index in [1.165, 1.54) is 42.2 Å². The lowest BCUT2D eigenvalue weighted by molar-refractivity contribution is -0.282. The zero-order valence-electron chi connectivity index (χ0n) is 18.3. The maximum Gasteiger partial charge on any atom is 0.109 e. The fraction of sp³-hybridized carbons (Fsp3) is 0.480. The van der Waals surface area contributed by atoms with Crippen molar-refractivity contribution in [2.24, 2.45) is 0 Å². The summed E-state index contributed by atoms with van der Waals surface area (Å²) in [6.07, 6.45) is 6.58. The van der Waals surface area contributed by atoms with Crippen molar-refractivity contribution in [2.45, 2.75) is 71.8 Å². The summed E-state index contributed by atoms with van der Waals surface area (Å²) in [6, 6.07) is 8.90. The highest BCUT2D eigenvalue weighted by Gasteiger charge is 2.37. The lowest BCUT2D eigenvalue weighted by Crippen LogP contribution is -2.34. The van der Waals surface area contributed by atoms with Gasteiger partial charge in [0.2, 0.25) is 0 Å². The molecule has 0 amide bonds. The summed E-state index contributed by atoms with van der Waals surface area (Å²) in [5.41, 5.74) is 9.22. The van der Waals surface area contributed by atoms with E-state index < -0.39 is 0 Å². The topological polar surface area (TPSA) is 31.4 Å². The summed E-state index contributed by atoms with van der Waals surface area (Å²) in [6.45, 7) is 14.2. The highest BCUT2D eigenvalue weighted by Crippen LogP contribution is 2.46. The quantitative estimate of drug-likeness (QED) is 0.446. The van der Waals surface area contributed by atoms with Gasteiger partial charge in [0.15, 0.2) is 0 Å². The van der Waals surface area contributed by atoms with Crippen LogP contribution in [0.1, 0.15) is 81.0 Å². The molecule has 0 bridgehead atoms. The summed E-state index contributed by atoms with van der Waals surface area (Å²) < 4.78 is 0. The molecule has 2 aromatic rings. The van der Waals surface area contributed by atoms with E-state index >= 15 is 0 Å². The van der Waals surface area contributed by atoms with E-state index in [0.717, 1.165) is 16.8 Å². The van der Waals surface area contributed by atoms with E-state index in [4.69, 9.17) is 4.89 Å². The number of benzene rings is 1. The Morgan fingerprint density at radius 2 is 1.71 bits per heavy atom. The summed E-state index contributed by atoms with van der Waals surface area (Å²) >= 11 is 0. The van der Waals surface area contributed by atoms with Gasteiger partial charge in [-0.3, -0.25) is 4.98 Å². The predicted octanol–water partition coefficient (Wildman–Crippen LogP) is 6.38. The molecule has 1 aromatic heterocycles. The van der Waals surface area contributed by atoms with Crippen molar-refractivity contribution in [1.29, 1.82) is 0 Å². The minimum atomic E-state index is 0.219. The van der Waals surface area contributed by atoms with Gasteiger partial charge in [-0.1, -0.05) is 45.9 Å². The minimum Gasteiger partial charge on any atom is -0.256 e. The van der Waals surface area contributed by atoms with E-state index in [9.17, 15) is 0 Å². The van der Waals surface area contributed by atoms with Crippen LogP contribution in [0.4, 0.5) is 0 Å². The van der Waals surface area contributed by atoms with Crippen LogP contribution < -0.4 is 0 Å². The van der Waals surface area contributed by atoms with E-state index in [2.05, 4.69) is 69.6 Å². The zero-order valence-corrected chi connectivity index (χ0v) is 18.3. The third-order valence-corrected chi connectivity index (χ3v) is 6.18. The van der Waals surface area contributed by atoms with Crippen LogP contribution in [-0.2, 0) is 27.2 Å². The molecule has 0 unspecified atom stereocenters. The molecule has 0 saturated carbocycles. The molecular formula is C25H33NO2. The molecule has 0 radical (unpaired) electrons. The Hall–Kier alpha value is -1.97. The standard InChI is InChI=1S/C25H33NO2/c1-17-13-21-22(25(5,6)11-10-24(21,3)4)14-20(17)12-18(2)23-9-8-19(15-26-23)16-28-27-7/h8-9,12-15H,10-11,16H2,1-7H3. The Kier molecular flexibility index (Phi) is 5.79. The number of aryl methyl sites for hydroxylation is 1. The minimum absolute atomic E-state index is 0.219. The molecule has 1 aliphatic carbocycles. The van der Waals surface area contributed by atoms with Crippen molar-refractivity contribution in [2.75, 3.05) is 7.11 Å². The van der Waals surface area contributed by atoms with Crippen molar-refractivity contribution >= 4 is 11.6 Å². The van der Waals surface area contributed by atoms with Crippen molar-refractivity contribution < 1.29 is 9.78 Å². The average molecular weight is 380 g/mol. The highest BCUT2D eigenvalue weighted by atomic mass is 17.2. The molecule has 150 valence electrons. The third-order valence-electron chi connectivity index (χ3n) is 6.18. The molecule has 1 heterocycles. The molecule has 1 aliphatic rings. The number of pyridine rings is 1. The SMILES string of the molecule is COOCc1ccc(C(C)=Cc2cc3c(cc2C)C(C)(C)CCC3(C)C)nc1. The summed E-state index contributed by atoms with van der Waals surface area (Å²) in [4.78, 5) is 14.2.